The lowest BCUT2D eigenvalue weighted by Crippen LogP contribution is -1.91. The van der Waals surface area contributed by atoms with E-state index in [-0.39, 0.29) is 5.75 Å². The molecule has 1 N–H and O–H groups in total. The predicted octanol–water partition coefficient (Wildman–Crippen LogP) is 4.30. The van der Waals surface area contributed by atoms with Gasteiger partial charge in [-0.3, -0.25) is 0 Å². The number of nitrogens with zero attached hydrogens (tertiary/aromatic N) is 1. The number of ether oxygens (including phenoxy) is 1. The summed E-state index contributed by atoms with van der Waals surface area (Å²) in [6.07, 6.45) is 5.45. The number of benzene rings is 1. The van der Waals surface area contributed by atoms with Gasteiger partial charge in [0.2, 0.25) is 5.88 Å². The van der Waals surface area contributed by atoms with Gasteiger partial charge in [0.05, 0.1) is 0 Å². The molecule has 0 spiro atoms. The van der Waals surface area contributed by atoms with Crippen LogP contribution in [0.25, 0.3) is 5.57 Å². The second kappa shape index (κ2) is 5.67. The van der Waals surface area contributed by atoms with Crippen LogP contribution in [0.15, 0.2) is 42.6 Å². The molecular formula is C16H14BrNO2. The summed E-state index contributed by atoms with van der Waals surface area (Å²) in [5, 5.41) is 11.0. The molecule has 102 valence electrons. The maximum atomic E-state index is 10.1. The highest BCUT2D eigenvalue weighted by Crippen LogP contribution is 2.40. The molecule has 3 rings (SSSR count). The van der Waals surface area contributed by atoms with E-state index in [4.69, 9.17) is 4.74 Å². The van der Waals surface area contributed by atoms with Gasteiger partial charge >= 0.3 is 0 Å². The minimum Gasteiger partial charge on any atom is -0.508 e. The molecule has 1 aromatic heterocycles. The van der Waals surface area contributed by atoms with Gasteiger partial charge in [0.25, 0.3) is 0 Å². The Morgan fingerprint density at radius 1 is 1.30 bits per heavy atom. The van der Waals surface area contributed by atoms with Crippen LogP contribution in [0.3, 0.4) is 0 Å². The molecule has 2 heterocycles. The first kappa shape index (κ1) is 13.2. The van der Waals surface area contributed by atoms with E-state index in [2.05, 4.69) is 27.0 Å². The third-order valence-corrected chi connectivity index (χ3v) is 3.76. The predicted molar refractivity (Wildman–Crippen MR) is 82.5 cm³/mol. The maximum absolute atomic E-state index is 10.1. The number of alkyl halides is 1. The molecule has 0 atom stereocenters. The van der Waals surface area contributed by atoms with E-state index in [1.54, 1.807) is 18.3 Å². The molecule has 0 aliphatic carbocycles. The molecule has 1 aliphatic heterocycles. The summed E-state index contributed by atoms with van der Waals surface area (Å²) in [6, 6.07) is 9.24. The largest absolute Gasteiger partial charge is 0.508 e. The number of aromatic hydroxyl groups is 1. The minimum absolute atomic E-state index is 0.264. The second-order valence-electron chi connectivity index (χ2n) is 4.60. The summed E-state index contributed by atoms with van der Waals surface area (Å²) in [5.41, 5.74) is 2.93. The van der Waals surface area contributed by atoms with Crippen molar-refractivity contribution in [3.63, 3.8) is 0 Å². The summed E-state index contributed by atoms with van der Waals surface area (Å²) in [4.78, 5) is 4.31. The lowest BCUT2D eigenvalue weighted by molar-refractivity contribution is 0.440. The first-order chi connectivity index (χ1) is 9.79. The molecule has 3 nitrogen and oxygen atoms in total. The van der Waals surface area contributed by atoms with E-state index in [1.165, 1.54) is 0 Å². The van der Waals surface area contributed by atoms with Crippen molar-refractivity contribution in [1.29, 1.82) is 0 Å². The van der Waals surface area contributed by atoms with E-state index in [0.717, 1.165) is 28.5 Å². The van der Waals surface area contributed by atoms with Gasteiger partial charge in [-0.2, -0.15) is 0 Å². The molecule has 20 heavy (non-hydrogen) atoms. The highest BCUT2D eigenvalue weighted by Gasteiger charge is 2.21. The van der Waals surface area contributed by atoms with Gasteiger partial charge in [-0.05, 0) is 36.3 Å². The number of phenolic OH excluding ortho intramolecular Hbond substituents is 1. The number of pyridine rings is 1. The number of hydrogen-bond donors (Lipinski definition) is 1. The van der Waals surface area contributed by atoms with Crippen LogP contribution in [0, 0.1) is 0 Å². The number of phenols is 1. The molecule has 0 bridgehead atoms. The normalized spacial score (nSPS) is 15.2. The molecule has 0 saturated carbocycles. The van der Waals surface area contributed by atoms with Gasteiger partial charge in [-0.1, -0.05) is 28.1 Å². The van der Waals surface area contributed by atoms with Crippen molar-refractivity contribution in [3.05, 3.63) is 53.7 Å². The van der Waals surface area contributed by atoms with Gasteiger partial charge in [-0.25, -0.2) is 4.98 Å². The summed E-state index contributed by atoms with van der Waals surface area (Å²) >= 11 is 3.44. The van der Waals surface area contributed by atoms with Gasteiger partial charge in [-0.15, -0.1) is 0 Å². The molecule has 0 radical (unpaired) electrons. The van der Waals surface area contributed by atoms with Crippen molar-refractivity contribution in [2.24, 2.45) is 0 Å². The lowest BCUT2D eigenvalue weighted by atomic mass is 9.98. The minimum atomic E-state index is 0.264. The Bertz CT molecular complexity index is 667. The van der Waals surface area contributed by atoms with Gasteiger partial charge < -0.3 is 9.84 Å². The Balaban J connectivity index is 2.15. The molecule has 0 fully saturated rings. The van der Waals surface area contributed by atoms with Crippen molar-refractivity contribution in [2.45, 2.75) is 12.8 Å². The van der Waals surface area contributed by atoms with Crippen LogP contribution >= 0.6 is 15.9 Å². The fourth-order valence-corrected chi connectivity index (χ4v) is 2.57. The van der Waals surface area contributed by atoms with Crippen molar-refractivity contribution in [2.75, 3.05) is 5.33 Å². The first-order valence-corrected chi connectivity index (χ1v) is 7.61. The van der Waals surface area contributed by atoms with Crippen LogP contribution in [-0.2, 0) is 6.42 Å². The van der Waals surface area contributed by atoms with Crippen LogP contribution in [-0.4, -0.2) is 15.4 Å². The summed E-state index contributed by atoms with van der Waals surface area (Å²) in [5.74, 6) is 1.53. The highest BCUT2D eigenvalue weighted by atomic mass is 79.9. The average molecular weight is 332 g/mol. The molecule has 1 aromatic carbocycles. The number of rotatable bonds is 2. The first-order valence-electron chi connectivity index (χ1n) is 6.48. The number of halogens is 1. The quantitative estimate of drug-likeness (QED) is 0.834. The van der Waals surface area contributed by atoms with Crippen LogP contribution in [0.4, 0.5) is 0 Å². The van der Waals surface area contributed by atoms with Crippen molar-refractivity contribution < 1.29 is 9.84 Å². The van der Waals surface area contributed by atoms with Crippen molar-refractivity contribution >= 4 is 21.5 Å². The summed E-state index contributed by atoms with van der Waals surface area (Å²) in [7, 11) is 0. The number of hydrogen-bond acceptors (Lipinski definition) is 3. The topological polar surface area (TPSA) is 42.4 Å². The SMILES string of the molecule is Oc1cccc2c1CC(=CCCBr)c1cccnc1O2. The fourth-order valence-electron chi connectivity index (χ4n) is 2.34. The lowest BCUT2D eigenvalue weighted by Gasteiger charge is -2.07. The zero-order valence-electron chi connectivity index (χ0n) is 10.8. The summed E-state index contributed by atoms with van der Waals surface area (Å²) in [6.45, 7) is 0. The van der Waals surface area contributed by atoms with E-state index in [0.29, 0.717) is 18.1 Å². The Kier molecular flexibility index (Phi) is 3.74. The molecule has 2 aromatic rings. The van der Waals surface area contributed by atoms with E-state index >= 15 is 0 Å². The summed E-state index contributed by atoms with van der Waals surface area (Å²) < 4.78 is 5.87. The fraction of sp³-hybridized carbons (Fsp3) is 0.188. The van der Waals surface area contributed by atoms with E-state index < -0.39 is 0 Å². The Morgan fingerprint density at radius 3 is 3.05 bits per heavy atom. The standard InChI is InChI=1S/C16H14BrNO2/c17-8-2-4-11-10-13-14(19)6-1-7-15(13)20-16-12(11)5-3-9-18-16/h1,3-7,9,19H,2,8,10H2. The number of aromatic nitrogens is 1. The van der Waals surface area contributed by atoms with E-state index in [1.807, 2.05) is 18.2 Å². The molecule has 1 aliphatic rings. The molecule has 4 heteroatoms. The maximum Gasteiger partial charge on any atom is 0.226 e. The highest BCUT2D eigenvalue weighted by molar-refractivity contribution is 9.09. The van der Waals surface area contributed by atoms with Gasteiger partial charge in [0.1, 0.15) is 11.5 Å². The second-order valence-corrected chi connectivity index (χ2v) is 5.39. The third-order valence-electron chi connectivity index (χ3n) is 3.30. The third kappa shape index (κ3) is 2.43. The number of fused-ring (bicyclic) bond motifs is 2. The van der Waals surface area contributed by atoms with Crippen molar-refractivity contribution in [3.8, 4) is 17.4 Å². The zero-order valence-corrected chi connectivity index (χ0v) is 12.4. The van der Waals surface area contributed by atoms with E-state index in [9.17, 15) is 5.11 Å². The Morgan fingerprint density at radius 2 is 2.20 bits per heavy atom. The molecule has 0 amide bonds. The zero-order chi connectivity index (χ0) is 13.9. The monoisotopic (exact) mass is 331 g/mol. The average Bonchev–Trinajstić information content (AvgIpc) is 2.62. The molecular weight excluding hydrogens is 318 g/mol. The molecule has 0 unspecified atom stereocenters. The number of allylic oxidation sites excluding steroid dienone is 2. The Hall–Kier alpha value is -1.81. The Labute approximate surface area is 126 Å². The van der Waals surface area contributed by atoms with Gasteiger partial charge in [0.15, 0.2) is 0 Å². The van der Waals surface area contributed by atoms with Crippen LogP contribution in [0.5, 0.6) is 17.4 Å². The van der Waals surface area contributed by atoms with Crippen molar-refractivity contribution in [1.82, 2.24) is 4.98 Å². The van der Waals surface area contributed by atoms with Crippen LogP contribution in [0.2, 0.25) is 0 Å². The van der Waals surface area contributed by atoms with Crippen LogP contribution in [0.1, 0.15) is 17.5 Å². The smallest absolute Gasteiger partial charge is 0.226 e. The van der Waals surface area contributed by atoms with Crippen LogP contribution < -0.4 is 4.74 Å². The molecule has 0 saturated heterocycles. The van der Waals surface area contributed by atoms with Gasteiger partial charge in [0, 0.05) is 29.1 Å².